The Morgan fingerprint density at radius 2 is 1.96 bits per heavy atom. The topological polar surface area (TPSA) is 70.0 Å². The van der Waals surface area contributed by atoms with Gasteiger partial charge in [-0.2, -0.15) is 4.99 Å². The van der Waals surface area contributed by atoms with Crippen LogP contribution in [0.1, 0.15) is 26.2 Å². The van der Waals surface area contributed by atoms with Gasteiger partial charge in [0.2, 0.25) is 5.91 Å². The molecule has 1 aromatic carbocycles. The van der Waals surface area contributed by atoms with Crippen LogP contribution < -0.4 is 9.80 Å². The van der Waals surface area contributed by atoms with Gasteiger partial charge in [-0.15, -0.1) is 0 Å². The van der Waals surface area contributed by atoms with Gasteiger partial charge in [0.25, 0.3) is 0 Å². The number of rotatable bonds is 5. The number of anilines is 2. The average molecular weight is 396 g/mol. The minimum absolute atomic E-state index is 0.0637. The first-order valence-electron chi connectivity index (χ1n) is 8.86. The summed E-state index contributed by atoms with van der Waals surface area (Å²) in [6.45, 7) is 2.04. The molecule has 0 unspecified atom stereocenters. The second-order valence-electron chi connectivity index (χ2n) is 6.97. The highest BCUT2D eigenvalue weighted by Crippen LogP contribution is 2.41. The van der Waals surface area contributed by atoms with E-state index in [1.54, 1.807) is 0 Å². The zero-order chi connectivity index (χ0) is 18.9. The molecule has 8 heteroatoms. The fourth-order valence-corrected chi connectivity index (χ4v) is 7.20. The van der Waals surface area contributed by atoms with Gasteiger partial charge < -0.3 is 9.80 Å². The molecule has 0 saturated carbocycles. The third kappa shape index (κ3) is 4.06. The number of hydrogen-bond acceptors (Lipinski definition) is 5. The average Bonchev–Trinajstić information content (AvgIpc) is 3.03. The van der Waals surface area contributed by atoms with Gasteiger partial charge in [-0.1, -0.05) is 25.1 Å². The number of fused-ring (bicyclic) bond motifs is 1. The van der Waals surface area contributed by atoms with Crippen LogP contribution in [0.15, 0.2) is 29.3 Å². The Hall–Kier alpha value is -1.54. The number of carbonyl (C=O) groups is 1. The molecule has 0 spiro atoms. The van der Waals surface area contributed by atoms with Crippen molar-refractivity contribution in [1.82, 2.24) is 0 Å². The largest absolute Gasteiger partial charge is 0.378 e. The van der Waals surface area contributed by atoms with Gasteiger partial charge in [0.15, 0.2) is 15.0 Å². The van der Waals surface area contributed by atoms with E-state index in [0.717, 1.165) is 24.2 Å². The Morgan fingerprint density at radius 3 is 2.58 bits per heavy atom. The lowest BCUT2D eigenvalue weighted by atomic mass is 10.2. The highest BCUT2D eigenvalue weighted by Gasteiger charge is 2.49. The smallest absolute Gasteiger partial charge is 0.248 e. The van der Waals surface area contributed by atoms with E-state index in [4.69, 9.17) is 0 Å². The SMILES string of the molecule is CCCCC(=O)N=C1S[C@H]2CS(=O)(=O)C[C@H]2N1c1ccc(N(C)C)cc1. The summed E-state index contributed by atoms with van der Waals surface area (Å²) in [7, 11) is 0.899. The predicted molar refractivity (Wildman–Crippen MR) is 109 cm³/mol. The number of hydrogen-bond donors (Lipinski definition) is 0. The van der Waals surface area contributed by atoms with Crippen molar-refractivity contribution in [2.75, 3.05) is 35.4 Å². The zero-order valence-corrected chi connectivity index (χ0v) is 17.0. The molecule has 1 aromatic rings. The molecule has 3 rings (SSSR count). The van der Waals surface area contributed by atoms with E-state index in [1.165, 1.54) is 11.8 Å². The molecule has 2 aliphatic rings. The minimum Gasteiger partial charge on any atom is -0.378 e. The normalized spacial score (nSPS) is 25.5. The minimum atomic E-state index is -3.04. The Bertz CT molecular complexity index is 803. The fraction of sp³-hybridized carbons (Fsp3) is 0.556. The van der Waals surface area contributed by atoms with Crippen LogP contribution in [0.4, 0.5) is 11.4 Å². The second-order valence-corrected chi connectivity index (χ2v) is 10.3. The molecule has 0 aromatic heterocycles. The first kappa shape index (κ1) is 19.2. The monoisotopic (exact) mass is 395 g/mol. The van der Waals surface area contributed by atoms with Crippen molar-refractivity contribution in [1.29, 1.82) is 0 Å². The van der Waals surface area contributed by atoms with E-state index >= 15 is 0 Å². The first-order chi connectivity index (χ1) is 12.3. The Kier molecular flexibility index (Phi) is 5.62. The predicted octanol–water partition coefficient (Wildman–Crippen LogP) is 2.54. The van der Waals surface area contributed by atoms with Crippen molar-refractivity contribution in [3.63, 3.8) is 0 Å². The van der Waals surface area contributed by atoms with E-state index in [9.17, 15) is 13.2 Å². The number of amidine groups is 1. The summed E-state index contributed by atoms with van der Waals surface area (Å²) in [6, 6.07) is 7.76. The van der Waals surface area contributed by atoms with Crippen LogP contribution in [0, 0.1) is 0 Å². The van der Waals surface area contributed by atoms with Crippen molar-refractivity contribution in [2.24, 2.45) is 4.99 Å². The van der Waals surface area contributed by atoms with Crippen molar-refractivity contribution in [3.05, 3.63) is 24.3 Å². The molecule has 0 N–H and O–H groups in total. The molecular formula is C18H25N3O3S2. The maximum atomic E-state index is 12.2. The highest BCUT2D eigenvalue weighted by molar-refractivity contribution is 8.16. The number of carbonyl (C=O) groups excluding carboxylic acids is 1. The van der Waals surface area contributed by atoms with Gasteiger partial charge in [-0.25, -0.2) is 8.42 Å². The van der Waals surface area contributed by atoms with Crippen LogP contribution in [0.5, 0.6) is 0 Å². The second kappa shape index (κ2) is 7.60. The van der Waals surface area contributed by atoms with E-state index in [-0.39, 0.29) is 28.7 Å². The molecular weight excluding hydrogens is 370 g/mol. The molecule has 2 saturated heterocycles. The van der Waals surface area contributed by atoms with E-state index < -0.39 is 9.84 Å². The van der Waals surface area contributed by atoms with Crippen LogP contribution >= 0.6 is 11.8 Å². The van der Waals surface area contributed by atoms with Crippen LogP contribution in [-0.2, 0) is 14.6 Å². The number of sulfone groups is 1. The summed E-state index contributed by atoms with van der Waals surface area (Å²) < 4.78 is 24.2. The van der Waals surface area contributed by atoms with E-state index in [1.807, 2.05) is 55.1 Å². The van der Waals surface area contributed by atoms with Gasteiger partial charge in [-0.05, 0) is 30.7 Å². The molecule has 6 nitrogen and oxygen atoms in total. The third-order valence-electron chi connectivity index (χ3n) is 4.68. The highest BCUT2D eigenvalue weighted by atomic mass is 32.2. The Labute approximate surface area is 159 Å². The number of nitrogens with zero attached hydrogens (tertiary/aromatic N) is 3. The maximum absolute atomic E-state index is 12.2. The van der Waals surface area contributed by atoms with Crippen molar-refractivity contribution < 1.29 is 13.2 Å². The molecule has 2 atom stereocenters. The Balaban J connectivity index is 1.92. The van der Waals surface area contributed by atoms with Crippen LogP contribution in [0.3, 0.4) is 0 Å². The zero-order valence-electron chi connectivity index (χ0n) is 15.4. The quantitative estimate of drug-likeness (QED) is 0.763. The van der Waals surface area contributed by atoms with Gasteiger partial charge in [0.1, 0.15) is 0 Å². The third-order valence-corrected chi connectivity index (χ3v) is 7.89. The fourth-order valence-electron chi connectivity index (χ4n) is 3.27. The van der Waals surface area contributed by atoms with Gasteiger partial charge >= 0.3 is 0 Å². The number of unbranched alkanes of at least 4 members (excludes halogenated alkanes) is 1. The van der Waals surface area contributed by atoms with Gasteiger partial charge in [0.05, 0.1) is 17.5 Å². The molecule has 2 fully saturated rings. The summed E-state index contributed by atoms with van der Waals surface area (Å²) in [5.74, 6) is 0.131. The molecule has 142 valence electrons. The summed E-state index contributed by atoms with van der Waals surface area (Å²) in [5, 5.41) is 0.569. The van der Waals surface area contributed by atoms with Crippen molar-refractivity contribution in [3.8, 4) is 0 Å². The molecule has 2 heterocycles. The molecule has 2 aliphatic heterocycles. The lowest BCUT2D eigenvalue weighted by molar-refractivity contribution is -0.117. The van der Waals surface area contributed by atoms with E-state index in [2.05, 4.69) is 4.99 Å². The summed E-state index contributed by atoms with van der Waals surface area (Å²) in [4.78, 5) is 20.4. The Morgan fingerprint density at radius 1 is 1.27 bits per heavy atom. The van der Waals surface area contributed by atoms with Crippen LogP contribution in [-0.4, -0.2) is 56.4 Å². The summed E-state index contributed by atoms with van der Waals surface area (Å²) in [6.07, 6.45) is 2.20. The van der Waals surface area contributed by atoms with Crippen LogP contribution in [0.25, 0.3) is 0 Å². The molecule has 0 aliphatic carbocycles. The number of amides is 1. The molecule has 1 amide bonds. The van der Waals surface area contributed by atoms with E-state index in [0.29, 0.717) is 11.6 Å². The van der Waals surface area contributed by atoms with Gasteiger partial charge in [-0.3, -0.25) is 4.79 Å². The summed E-state index contributed by atoms with van der Waals surface area (Å²) >= 11 is 1.42. The molecule has 0 radical (unpaired) electrons. The molecule has 0 bridgehead atoms. The lowest BCUT2D eigenvalue weighted by Gasteiger charge is -2.25. The van der Waals surface area contributed by atoms with Crippen molar-refractivity contribution in [2.45, 2.75) is 37.5 Å². The van der Waals surface area contributed by atoms with Gasteiger partial charge in [0, 0.05) is 37.1 Å². The maximum Gasteiger partial charge on any atom is 0.248 e. The number of aliphatic imine (C=N–C) groups is 1. The number of thioether (sulfide) groups is 1. The first-order valence-corrected chi connectivity index (χ1v) is 11.6. The lowest BCUT2D eigenvalue weighted by Crippen LogP contribution is -2.37. The standard InChI is InChI=1S/C18H25N3O3S2/c1-4-5-6-17(22)19-18-21(14-9-7-13(8-10-14)20(2)3)15-11-26(23,24)12-16(15)25-18/h7-10,15-16H,4-6,11-12H2,1-3H3/t15-,16+/m1/s1. The van der Waals surface area contributed by atoms with Crippen molar-refractivity contribution >= 4 is 44.0 Å². The molecule has 26 heavy (non-hydrogen) atoms. The van der Waals surface area contributed by atoms with Crippen LogP contribution in [0.2, 0.25) is 0 Å². The summed E-state index contributed by atoms with van der Waals surface area (Å²) in [5.41, 5.74) is 1.95. The number of benzene rings is 1.